The van der Waals surface area contributed by atoms with Crippen molar-refractivity contribution < 1.29 is 13.5 Å². The van der Waals surface area contributed by atoms with E-state index in [0.717, 1.165) is 10.0 Å². The first kappa shape index (κ1) is 18.3. The number of rotatable bonds is 6. The van der Waals surface area contributed by atoms with Crippen LogP contribution in [0, 0.1) is 18.8 Å². The Bertz CT molecular complexity index is 841. The van der Waals surface area contributed by atoms with Crippen LogP contribution >= 0.6 is 15.9 Å². The van der Waals surface area contributed by atoms with Crippen molar-refractivity contribution in [2.45, 2.75) is 24.0 Å². The predicted octanol–water partition coefficient (Wildman–Crippen LogP) is 3.21. The van der Waals surface area contributed by atoms with E-state index >= 15 is 0 Å². The quantitative estimate of drug-likeness (QED) is 0.740. The zero-order valence-electron chi connectivity index (χ0n) is 13.7. The molecule has 0 saturated heterocycles. The normalized spacial score (nSPS) is 22.4. The van der Waals surface area contributed by atoms with E-state index in [2.05, 4.69) is 20.7 Å². The second kappa shape index (κ2) is 7.41. The Labute approximate surface area is 156 Å². The first-order valence-electron chi connectivity index (χ1n) is 8.04. The van der Waals surface area contributed by atoms with Crippen LogP contribution < -0.4 is 4.72 Å². The van der Waals surface area contributed by atoms with E-state index < -0.39 is 22.2 Å². The van der Waals surface area contributed by atoms with Crippen molar-refractivity contribution in [3.05, 3.63) is 76.8 Å². The summed E-state index contributed by atoms with van der Waals surface area (Å²) in [4.78, 5) is 0.190. The highest BCUT2D eigenvalue weighted by molar-refractivity contribution is 9.11. The Hall–Kier alpha value is -1.47. The van der Waals surface area contributed by atoms with E-state index in [-0.39, 0.29) is 16.7 Å². The van der Waals surface area contributed by atoms with Gasteiger partial charge in [-0.1, -0.05) is 76.2 Å². The molecule has 6 heteroatoms. The summed E-state index contributed by atoms with van der Waals surface area (Å²) in [6.07, 6.45) is 12.2. The summed E-state index contributed by atoms with van der Waals surface area (Å²) in [5.74, 6) is -0.474. The molecule has 1 aromatic rings. The van der Waals surface area contributed by atoms with E-state index in [4.69, 9.17) is 0 Å². The van der Waals surface area contributed by atoms with Crippen LogP contribution in [-0.2, 0) is 10.0 Å². The van der Waals surface area contributed by atoms with Gasteiger partial charge in [0.15, 0.2) is 0 Å². The van der Waals surface area contributed by atoms with Crippen molar-refractivity contribution in [3.63, 3.8) is 0 Å². The molecule has 0 heterocycles. The Morgan fingerprint density at radius 3 is 2.28 bits per heavy atom. The molecule has 2 aliphatic rings. The molecule has 132 valence electrons. The molecule has 0 amide bonds. The van der Waals surface area contributed by atoms with Gasteiger partial charge in [-0.15, -0.1) is 0 Å². The maximum Gasteiger partial charge on any atom is 0.240 e. The summed E-state index contributed by atoms with van der Waals surface area (Å²) in [6, 6.07) is 5.98. The van der Waals surface area contributed by atoms with Crippen LogP contribution in [0.15, 0.2) is 76.2 Å². The molecule has 1 unspecified atom stereocenters. The van der Waals surface area contributed by atoms with Crippen LogP contribution in [0.4, 0.5) is 0 Å². The number of hydrogen-bond acceptors (Lipinski definition) is 3. The summed E-state index contributed by atoms with van der Waals surface area (Å²) in [5.41, 5.74) is 0.987. The van der Waals surface area contributed by atoms with Crippen molar-refractivity contribution in [2.24, 2.45) is 11.8 Å². The lowest BCUT2D eigenvalue weighted by Crippen LogP contribution is -2.49. The van der Waals surface area contributed by atoms with Crippen molar-refractivity contribution in [2.75, 3.05) is 0 Å². The molecule has 0 bridgehead atoms. The van der Waals surface area contributed by atoms with Gasteiger partial charge in [-0.2, -0.15) is 0 Å². The fraction of sp³-hybridized carbons (Fsp3) is 0.263. The van der Waals surface area contributed by atoms with Gasteiger partial charge in [-0.25, -0.2) is 13.1 Å². The van der Waals surface area contributed by atoms with Crippen LogP contribution in [-0.4, -0.2) is 25.7 Å². The number of allylic oxidation sites excluding steroid dienone is 4. The number of halogens is 1. The fourth-order valence-corrected chi connectivity index (χ4v) is 4.86. The van der Waals surface area contributed by atoms with Crippen LogP contribution in [0.3, 0.4) is 0 Å². The van der Waals surface area contributed by atoms with Gasteiger partial charge in [0, 0.05) is 16.3 Å². The smallest absolute Gasteiger partial charge is 0.240 e. The molecule has 0 fully saturated rings. The van der Waals surface area contributed by atoms with E-state index in [1.807, 2.05) is 49.5 Å². The first-order chi connectivity index (χ1) is 11.9. The Balaban J connectivity index is 1.90. The largest absolute Gasteiger partial charge is 0.390 e. The average molecular weight is 422 g/mol. The molecular weight excluding hydrogens is 402 g/mol. The van der Waals surface area contributed by atoms with Crippen LogP contribution in [0.25, 0.3) is 0 Å². The highest BCUT2D eigenvalue weighted by atomic mass is 79.9. The van der Waals surface area contributed by atoms with Gasteiger partial charge >= 0.3 is 0 Å². The SMILES string of the molecule is Cc1ccc(S(=O)(=O)N[C@H](C2C=CC=C2Br)[C@@H](O)C2C=CC=C2)cc1. The molecule has 0 radical (unpaired) electrons. The number of sulfonamides is 1. The van der Waals surface area contributed by atoms with Crippen molar-refractivity contribution in [1.29, 1.82) is 0 Å². The molecule has 3 rings (SSSR count). The van der Waals surface area contributed by atoms with Crippen molar-refractivity contribution in [1.82, 2.24) is 4.72 Å². The van der Waals surface area contributed by atoms with E-state index in [0.29, 0.717) is 0 Å². The third-order valence-electron chi connectivity index (χ3n) is 4.44. The number of aryl methyl sites for hydroxylation is 1. The second-order valence-electron chi connectivity index (χ2n) is 6.26. The molecule has 2 N–H and O–H groups in total. The van der Waals surface area contributed by atoms with Crippen LogP contribution in [0.2, 0.25) is 0 Å². The molecular formula is C19H20BrNO3S. The lowest BCUT2D eigenvalue weighted by molar-refractivity contribution is 0.104. The van der Waals surface area contributed by atoms with Gasteiger partial charge in [-0.3, -0.25) is 0 Å². The number of aliphatic hydroxyl groups excluding tert-OH is 1. The Morgan fingerprint density at radius 1 is 1.08 bits per heavy atom. The molecule has 0 aliphatic heterocycles. The van der Waals surface area contributed by atoms with Gasteiger partial charge in [0.1, 0.15) is 0 Å². The molecule has 1 aromatic carbocycles. The average Bonchev–Trinajstić information content (AvgIpc) is 3.24. The highest BCUT2D eigenvalue weighted by Crippen LogP contribution is 2.32. The lowest BCUT2D eigenvalue weighted by atomic mass is 9.89. The number of aliphatic hydroxyl groups is 1. The van der Waals surface area contributed by atoms with Gasteiger partial charge in [0.25, 0.3) is 0 Å². The lowest BCUT2D eigenvalue weighted by Gasteiger charge is -2.31. The molecule has 0 spiro atoms. The number of benzene rings is 1. The zero-order chi connectivity index (χ0) is 18.0. The van der Waals surface area contributed by atoms with Gasteiger partial charge < -0.3 is 5.11 Å². The van der Waals surface area contributed by atoms with E-state index in [1.165, 1.54) is 0 Å². The Morgan fingerprint density at radius 2 is 1.72 bits per heavy atom. The van der Waals surface area contributed by atoms with Gasteiger partial charge in [0.05, 0.1) is 17.0 Å². The third-order valence-corrected chi connectivity index (χ3v) is 6.71. The topological polar surface area (TPSA) is 66.4 Å². The molecule has 0 saturated carbocycles. The first-order valence-corrected chi connectivity index (χ1v) is 10.3. The molecule has 3 atom stereocenters. The minimum atomic E-state index is -3.75. The summed E-state index contributed by atoms with van der Waals surface area (Å²) in [6.45, 7) is 1.90. The van der Waals surface area contributed by atoms with Crippen molar-refractivity contribution in [3.8, 4) is 0 Å². The molecule has 25 heavy (non-hydrogen) atoms. The standard InChI is InChI=1S/C19H20BrNO3S/c1-13-9-11-15(12-10-13)25(23,24)21-18(16-7-4-8-17(16)20)19(22)14-5-2-3-6-14/h2-12,14,16,18-19,21-22H,1H3/t16?,18-,19+/m1/s1. The monoisotopic (exact) mass is 421 g/mol. The van der Waals surface area contributed by atoms with E-state index in [1.54, 1.807) is 24.3 Å². The van der Waals surface area contributed by atoms with E-state index in [9.17, 15) is 13.5 Å². The summed E-state index contributed by atoms with van der Waals surface area (Å²) >= 11 is 3.47. The molecule has 4 nitrogen and oxygen atoms in total. The maximum atomic E-state index is 12.8. The summed E-state index contributed by atoms with van der Waals surface area (Å²) in [5, 5.41) is 10.8. The second-order valence-corrected chi connectivity index (χ2v) is 8.89. The number of hydrogen-bond donors (Lipinski definition) is 2. The molecule has 2 aliphatic carbocycles. The number of nitrogens with one attached hydrogen (secondary N) is 1. The summed E-state index contributed by atoms with van der Waals surface area (Å²) < 4.78 is 29.2. The van der Waals surface area contributed by atoms with Gasteiger partial charge in [0.2, 0.25) is 10.0 Å². The highest BCUT2D eigenvalue weighted by Gasteiger charge is 2.36. The summed E-state index contributed by atoms with van der Waals surface area (Å²) in [7, 11) is -3.75. The zero-order valence-corrected chi connectivity index (χ0v) is 16.1. The minimum Gasteiger partial charge on any atom is -0.390 e. The van der Waals surface area contributed by atoms with Crippen LogP contribution in [0.5, 0.6) is 0 Å². The van der Waals surface area contributed by atoms with Crippen molar-refractivity contribution >= 4 is 26.0 Å². The minimum absolute atomic E-state index is 0.190. The maximum absolute atomic E-state index is 12.8. The third kappa shape index (κ3) is 4.03. The van der Waals surface area contributed by atoms with Gasteiger partial charge in [-0.05, 0) is 19.1 Å². The predicted molar refractivity (Wildman–Crippen MR) is 103 cm³/mol. The molecule has 0 aromatic heterocycles. The Kier molecular flexibility index (Phi) is 5.43. The fourth-order valence-electron chi connectivity index (χ4n) is 3.00. The van der Waals surface area contributed by atoms with Crippen LogP contribution in [0.1, 0.15) is 5.56 Å².